The molecule has 0 fully saturated rings. The van der Waals surface area contributed by atoms with Gasteiger partial charge in [-0.25, -0.2) is 18.0 Å². The molecule has 2 N–H and O–H groups in total. The number of carbonyl (C=O) groups is 2. The molecule has 2 aromatic rings. The first kappa shape index (κ1) is 38.3. The summed E-state index contributed by atoms with van der Waals surface area (Å²) >= 11 is 12.1. The molecule has 9 nitrogen and oxygen atoms in total. The first-order valence-corrected chi connectivity index (χ1v) is 16.1. The van der Waals surface area contributed by atoms with Crippen molar-refractivity contribution in [3.8, 4) is 11.1 Å². The highest BCUT2D eigenvalue weighted by molar-refractivity contribution is 7.90. The second-order valence-corrected chi connectivity index (χ2v) is 14.9. The summed E-state index contributed by atoms with van der Waals surface area (Å²) in [5.41, 5.74) is -3.52. The van der Waals surface area contributed by atoms with E-state index >= 15 is 0 Å². The van der Waals surface area contributed by atoms with Crippen molar-refractivity contribution in [2.45, 2.75) is 89.8 Å². The Balaban J connectivity index is 2.24. The Morgan fingerprint density at radius 1 is 0.978 bits per heavy atom. The maximum Gasteiger partial charge on any atom is 0.408 e. The summed E-state index contributed by atoms with van der Waals surface area (Å²) in [6.45, 7) is 9.59. The number of esters is 1. The van der Waals surface area contributed by atoms with E-state index in [0.717, 1.165) is 6.21 Å². The molecular weight excluding hydrogens is 660 g/mol. The van der Waals surface area contributed by atoms with Crippen molar-refractivity contribution in [2.24, 2.45) is 4.40 Å². The highest BCUT2D eigenvalue weighted by atomic mass is 35.5. The minimum absolute atomic E-state index is 0.167. The summed E-state index contributed by atoms with van der Waals surface area (Å²) in [5.74, 6) is -1.85. The molecule has 0 spiro atoms. The lowest BCUT2D eigenvalue weighted by atomic mass is 9.86. The summed E-state index contributed by atoms with van der Waals surface area (Å²) < 4.78 is 79.9. The van der Waals surface area contributed by atoms with Gasteiger partial charge in [0.2, 0.25) is 0 Å². The van der Waals surface area contributed by atoms with Gasteiger partial charge in [0.05, 0.1) is 17.8 Å². The number of benzene rings is 2. The predicted octanol–water partition coefficient (Wildman–Crippen LogP) is 7.22. The number of nitrogens with zero attached hydrogens (tertiary/aromatic N) is 1. The van der Waals surface area contributed by atoms with Crippen LogP contribution in [0, 0.1) is 0 Å². The van der Waals surface area contributed by atoms with Gasteiger partial charge in [-0.3, -0.25) is 0 Å². The zero-order chi connectivity index (χ0) is 34.4. The summed E-state index contributed by atoms with van der Waals surface area (Å²) in [5, 5.41) is 14.1. The molecule has 0 bridgehead atoms. The average Bonchev–Trinajstić information content (AvgIpc) is 2.84. The third-order valence-corrected chi connectivity index (χ3v) is 7.63. The lowest BCUT2D eigenvalue weighted by molar-refractivity contribution is -0.179. The van der Waals surface area contributed by atoms with E-state index in [-0.39, 0.29) is 5.56 Å². The van der Waals surface area contributed by atoms with Crippen LogP contribution in [0.4, 0.5) is 18.0 Å². The first-order chi connectivity index (χ1) is 20.4. The third kappa shape index (κ3) is 13.6. The Hall–Kier alpha value is -2.87. The van der Waals surface area contributed by atoms with E-state index in [2.05, 4.69) is 9.71 Å². The van der Waals surface area contributed by atoms with Crippen LogP contribution in [0.15, 0.2) is 46.9 Å². The van der Waals surface area contributed by atoms with Crippen molar-refractivity contribution in [1.29, 1.82) is 0 Å². The topological polar surface area (TPSA) is 131 Å². The molecule has 0 aliphatic heterocycles. The number of alkyl halides is 3. The van der Waals surface area contributed by atoms with Crippen LogP contribution in [-0.2, 0) is 29.9 Å². The molecule has 0 aromatic heterocycles. The number of ether oxygens (including phenoxy) is 2. The number of hydrogen-bond acceptors (Lipinski definition) is 7. The number of halogens is 5. The van der Waals surface area contributed by atoms with Gasteiger partial charge >= 0.3 is 18.2 Å². The molecule has 45 heavy (non-hydrogen) atoms. The number of aliphatic hydroxyl groups is 1. The lowest BCUT2D eigenvalue weighted by Gasteiger charge is -2.29. The molecular formula is C30H37Cl2F3N2O7S. The lowest BCUT2D eigenvalue weighted by Crippen LogP contribution is -2.46. The van der Waals surface area contributed by atoms with E-state index in [1.807, 2.05) is 0 Å². The van der Waals surface area contributed by atoms with Gasteiger partial charge < -0.3 is 19.9 Å². The molecule has 1 unspecified atom stereocenters. The van der Waals surface area contributed by atoms with E-state index in [4.69, 9.17) is 32.7 Å². The number of nitrogens with one attached hydrogen (secondary N) is 1. The van der Waals surface area contributed by atoms with E-state index in [0.29, 0.717) is 21.2 Å². The van der Waals surface area contributed by atoms with Gasteiger partial charge in [-0.05, 0) is 71.2 Å². The molecule has 0 aliphatic carbocycles. The fourth-order valence-electron chi connectivity index (χ4n) is 4.00. The SMILES string of the molecule is CC(C)(C)OC(=O)N[C@@H](CC=NS(=O)(=O)CCC(O)(CC(F)(F)F)c1ccc(-c2ccc(Cl)cc2Cl)cc1)C(=O)OC(C)(C)C. The second-order valence-electron chi connectivity index (χ2n) is 12.3. The maximum atomic E-state index is 13.5. The van der Waals surface area contributed by atoms with Crippen molar-refractivity contribution >= 4 is 51.5 Å². The van der Waals surface area contributed by atoms with E-state index in [1.54, 1.807) is 53.7 Å². The minimum atomic E-state index is -4.84. The maximum absolute atomic E-state index is 13.5. The summed E-state index contributed by atoms with van der Waals surface area (Å²) in [6.07, 6.45) is -7.98. The standard InChI is InChI=1S/C30H37Cl2F3N2O7S/c1-27(2,3)43-25(38)24(37-26(39)44-28(4,5)6)13-15-36-45(41,42)16-14-29(40,18-30(33,34)35)20-9-7-19(8-10-20)22-12-11-21(31)17-23(22)32/h7-12,15,17,24,40H,13-14,16,18H2,1-6H3,(H,37,39)/t24-,29?/m0/s1. The Morgan fingerprint density at radius 3 is 2.07 bits per heavy atom. The molecule has 2 aromatic carbocycles. The van der Waals surface area contributed by atoms with Crippen LogP contribution in [0.3, 0.4) is 0 Å². The normalized spacial score (nSPS) is 14.9. The zero-order valence-corrected chi connectivity index (χ0v) is 28.0. The van der Waals surface area contributed by atoms with Gasteiger partial charge in [-0.1, -0.05) is 53.5 Å². The molecule has 0 radical (unpaired) electrons. The van der Waals surface area contributed by atoms with Crippen LogP contribution >= 0.6 is 23.2 Å². The predicted molar refractivity (Wildman–Crippen MR) is 167 cm³/mol. The Kier molecular flexibility index (Phi) is 12.5. The van der Waals surface area contributed by atoms with Gasteiger partial charge in [-0.2, -0.15) is 17.6 Å². The smallest absolute Gasteiger partial charge is 0.408 e. The molecule has 0 aliphatic rings. The largest absolute Gasteiger partial charge is 0.458 e. The fourth-order valence-corrected chi connectivity index (χ4v) is 5.53. The van der Waals surface area contributed by atoms with Crippen molar-refractivity contribution in [1.82, 2.24) is 5.32 Å². The number of amides is 1. The number of sulfonamides is 1. The van der Waals surface area contributed by atoms with Gasteiger partial charge in [0.25, 0.3) is 10.0 Å². The van der Waals surface area contributed by atoms with Gasteiger partial charge in [0, 0.05) is 28.2 Å². The van der Waals surface area contributed by atoms with Gasteiger partial charge in [0.1, 0.15) is 17.2 Å². The van der Waals surface area contributed by atoms with Crippen LogP contribution in [0.2, 0.25) is 10.0 Å². The molecule has 0 heterocycles. The number of alkyl carbamates (subject to hydrolysis) is 1. The van der Waals surface area contributed by atoms with Crippen LogP contribution in [-0.4, -0.2) is 61.0 Å². The second kappa shape index (κ2) is 14.7. The zero-order valence-electron chi connectivity index (χ0n) is 25.7. The van der Waals surface area contributed by atoms with Crippen LogP contribution < -0.4 is 5.32 Å². The monoisotopic (exact) mass is 696 g/mol. The van der Waals surface area contributed by atoms with E-state index in [9.17, 15) is 36.3 Å². The van der Waals surface area contributed by atoms with Crippen molar-refractivity contribution in [3.63, 3.8) is 0 Å². The summed E-state index contributed by atoms with van der Waals surface area (Å²) in [4.78, 5) is 24.9. The number of rotatable bonds is 11. The van der Waals surface area contributed by atoms with Crippen LogP contribution in [0.25, 0.3) is 11.1 Å². The molecule has 15 heteroatoms. The Morgan fingerprint density at radius 2 is 1.56 bits per heavy atom. The van der Waals surface area contributed by atoms with Crippen molar-refractivity contribution < 1.29 is 45.8 Å². The fraction of sp³-hybridized carbons (Fsp3) is 0.500. The van der Waals surface area contributed by atoms with Crippen molar-refractivity contribution in [2.75, 3.05) is 5.75 Å². The van der Waals surface area contributed by atoms with Crippen molar-refractivity contribution in [3.05, 3.63) is 58.1 Å². The molecule has 2 rings (SSSR count). The van der Waals surface area contributed by atoms with E-state index < -0.39 is 76.1 Å². The third-order valence-electron chi connectivity index (χ3n) is 5.89. The van der Waals surface area contributed by atoms with Gasteiger partial charge in [0.15, 0.2) is 0 Å². The van der Waals surface area contributed by atoms with Crippen LogP contribution in [0.5, 0.6) is 0 Å². The number of hydrogen-bond donors (Lipinski definition) is 2. The highest BCUT2D eigenvalue weighted by Crippen LogP contribution is 2.39. The molecule has 0 saturated carbocycles. The number of carbonyl (C=O) groups excluding carboxylic acids is 2. The molecule has 1 amide bonds. The quantitative estimate of drug-likeness (QED) is 0.187. The highest BCUT2D eigenvalue weighted by Gasteiger charge is 2.43. The summed E-state index contributed by atoms with van der Waals surface area (Å²) in [6, 6.07) is 8.76. The molecule has 250 valence electrons. The average molecular weight is 698 g/mol. The molecule has 2 atom stereocenters. The first-order valence-electron chi connectivity index (χ1n) is 13.7. The van der Waals surface area contributed by atoms with Crippen LogP contribution in [0.1, 0.15) is 66.4 Å². The Bertz CT molecular complexity index is 1490. The Labute approximate surface area is 271 Å². The molecule has 0 saturated heterocycles. The van der Waals surface area contributed by atoms with E-state index in [1.165, 1.54) is 30.3 Å². The summed E-state index contributed by atoms with van der Waals surface area (Å²) in [7, 11) is -4.44. The minimum Gasteiger partial charge on any atom is -0.458 e. The van der Waals surface area contributed by atoms with Gasteiger partial charge in [-0.15, -0.1) is 0 Å².